The highest BCUT2D eigenvalue weighted by molar-refractivity contribution is 7.89. The van der Waals surface area contributed by atoms with Gasteiger partial charge < -0.3 is 5.11 Å². The second-order valence-electron chi connectivity index (χ2n) is 4.49. The van der Waals surface area contributed by atoms with E-state index in [-0.39, 0.29) is 17.4 Å². The van der Waals surface area contributed by atoms with Crippen molar-refractivity contribution in [1.82, 2.24) is 4.72 Å². The number of carboxylic acids is 1. The minimum absolute atomic E-state index is 0.0956. The van der Waals surface area contributed by atoms with Crippen LogP contribution in [0.2, 0.25) is 0 Å². The Bertz CT molecular complexity index is 539. The van der Waals surface area contributed by atoms with Gasteiger partial charge in [0.1, 0.15) is 5.82 Å². The van der Waals surface area contributed by atoms with Crippen molar-refractivity contribution in [2.75, 3.05) is 6.54 Å². The Morgan fingerprint density at radius 2 is 1.84 bits per heavy atom. The van der Waals surface area contributed by atoms with Gasteiger partial charge in [0.25, 0.3) is 0 Å². The molecule has 0 amide bonds. The van der Waals surface area contributed by atoms with E-state index in [0.717, 1.165) is 24.3 Å². The van der Waals surface area contributed by atoms with Crippen LogP contribution in [0, 0.1) is 17.7 Å². The number of sulfonamides is 1. The first-order valence-corrected chi connectivity index (χ1v) is 7.20. The summed E-state index contributed by atoms with van der Waals surface area (Å²) in [6, 6.07) is 4.32. The van der Waals surface area contributed by atoms with Crippen molar-refractivity contribution in [3.8, 4) is 0 Å². The van der Waals surface area contributed by atoms with Crippen LogP contribution in [0.4, 0.5) is 4.39 Å². The summed E-state index contributed by atoms with van der Waals surface area (Å²) >= 11 is 0. The Balaban J connectivity index is 2.80. The number of benzene rings is 1. The lowest BCUT2D eigenvalue weighted by Gasteiger charge is -2.16. The van der Waals surface area contributed by atoms with Crippen LogP contribution in [0.3, 0.4) is 0 Å². The van der Waals surface area contributed by atoms with Crippen molar-refractivity contribution in [3.05, 3.63) is 30.1 Å². The highest BCUT2D eigenvalue weighted by atomic mass is 32.2. The Kier molecular flexibility index (Phi) is 5.02. The van der Waals surface area contributed by atoms with E-state index in [9.17, 15) is 17.6 Å². The maximum absolute atomic E-state index is 12.7. The van der Waals surface area contributed by atoms with Crippen LogP contribution in [-0.4, -0.2) is 26.0 Å². The molecule has 0 aliphatic rings. The van der Waals surface area contributed by atoms with Crippen molar-refractivity contribution in [2.24, 2.45) is 11.8 Å². The molecule has 0 spiro atoms. The zero-order valence-corrected chi connectivity index (χ0v) is 11.4. The van der Waals surface area contributed by atoms with E-state index in [1.807, 2.05) is 0 Å². The summed E-state index contributed by atoms with van der Waals surface area (Å²) in [6.07, 6.45) is 0. The molecule has 0 radical (unpaired) electrons. The fraction of sp³-hybridized carbons (Fsp3) is 0.417. The Morgan fingerprint density at radius 1 is 1.32 bits per heavy atom. The maximum Gasteiger partial charge on any atom is 0.308 e. The van der Waals surface area contributed by atoms with Crippen molar-refractivity contribution >= 4 is 16.0 Å². The predicted molar refractivity (Wildman–Crippen MR) is 67.6 cm³/mol. The summed E-state index contributed by atoms with van der Waals surface area (Å²) in [4.78, 5) is 10.9. The van der Waals surface area contributed by atoms with E-state index >= 15 is 0 Å². The molecule has 0 saturated heterocycles. The smallest absolute Gasteiger partial charge is 0.308 e. The van der Waals surface area contributed by atoms with E-state index in [2.05, 4.69) is 4.72 Å². The fourth-order valence-corrected chi connectivity index (χ4v) is 2.56. The van der Waals surface area contributed by atoms with Gasteiger partial charge in [-0.25, -0.2) is 17.5 Å². The van der Waals surface area contributed by atoms with Crippen LogP contribution in [0.15, 0.2) is 29.2 Å². The van der Waals surface area contributed by atoms with Gasteiger partial charge in [-0.1, -0.05) is 13.8 Å². The molecule has 0 saturated carbocycles. The van der Waals surface area contributed by atoms with Crippen LogP contribution in [0.5, 0.6) is 0 Å². The number of carbonyl (C=O) groups is 1. The molecule has 7 heteroatoms. The summed E-state index contributed by atoms with van der Waals surface area (Å²) in [5, 5.41) is 8.96. The first-order chi connectivity index (χ1) is 8.74. The molecule has 1 aromatic carbocycles. The second kappa shape index (κ2) is 6.12. The predicted octanol–water partition coefficient (Wildman–Crippen LogP) is 1.46. The molecule has 0 bridgehead atoms. The van der Waals surface area contributed by atoms with Crippen molar-refractivity contribution in [3.63, 3.8) is 0 Å². The van der Waals surface area contributed by atoms with Gasteiger partial charge in [0.2, 0.25) is 10.0 Å². The molecule has 0 heterocycles. The van der Waals surface area contributed by atoms with E-state index in [1.54, 1.807) is 13.8 Å². The topological polar surface area (TPSA) is 83.5 Å². The first kappa shape index (κ1) is 15.6. The lowest BCUT2D eigenvalue weighted by Crippen LogP contribution is -2.35. The normalized spacial score (nSPS) is 13.5. The van der Waals surface area contributed by atoms with Crippen LogP contribution < -0.4 is 4.72 Å². The third-order valence-corrected chi connectivity index (χ3v) is 4.18. The fourth-order valence-electron chi connectivity index (χ4n) is 1.50. The van der Waals surface area contributed by atoms with Gasteiger partial charge >= 0.3 is 5.97 Å². The number of nitrogens with one attached hydrogen (secondary N) is 1. The number of hydrogen-bond acceptors (Lipinski definition) is 3. The SMILES string of the molecule is CC(C)C(CNS(=O)(=O)c1ccc(F)cc1)C(=O)O. The largest absolute Gasteiger partial charge is 0.481 e. The van der Waals surface area contributed by atoms with E-state index in [4.69, 9.17) is 5.11 Å². The van der Waals surface area contributed by atoms with Gasteiger partial charge in [-0.05, 0) is 30.2 Å². The first-order valence-electron chi connectivity index (χ1n) is 5.72. The number of hydrogen-bond donors (Lipinski definition) is 2. The Hall–Kier alpha value is -1.47. The monoisotopic (exact) mass is 289 g/mol. The molecule has 0 fully saturated rings. The van der Waals surface area contributed by atoms with E-state index in [0.29, 0.717) is 0 Å². The Labute approximate surface area is 111 Å². The van der Waals surface area contributed by atoms with Crippen LogP contribution in [-0.2, 0) is 14.8 Å². The third-order valence-electron chi connectivity index (χ3n) is 2.74. The van der Waals surface area contributed by atoms with Gasteiger partial charge in [-0.3, -0.25) is 4.79 Å². The van der Waals surface area contributed by atoms with Gasteiger partial charge in [0, 0.05) is 6.54 Å². The number of rotatable bonds is 6. The van der Waals surface area contributed by atoms with Gasteiger partial charge in [0.15, 0.2) is 0 Å². The molecule has 1 rings (SSSR count). The molecule has 1 aromatic rings. The zero-order chi connectivity index (χ0) is 14.6. The molecule has 0 aromatic heterocycles. The molecule has 19 heavy (non-hydrogen) atoms. The molecule has 1 unspecified atom stereocenters. The average molecular weight is 289 g/mol. The molecular weight excluding hydrogens is 273 g/mol. The standard InChI is InChI=1S/C12H16FNO4S/c1-8(2)11(12(15)16)7-14-19(17,18)10-5-3-9(13)4-6-10/h3-6,8,11,14H,7H2,1-2H3,(H,15,16). The van der Waals surface area contributed by atoms with Crippen LogP contribution in [0.1, 0.15) is 13.8 Å². The zero-order valence-electron chi connectivity index (χ0n) is 10.6. The highest BCUT2D eigenvalue weighted by Gasteiger charge is 2.24. The average Bonchev–Trinajstić information content (AvgIpc) is 2.28. The number of halogens is 1. The van der Waals surface area contributed by atoms with Crippen molar-refractivity contribution in [1.29, 1.82) is 0 Å². The van der Waals surface area contributed by atoms with Gasteiger partial charge in [0.05, 0.1) is 10.8 Å². The molecule has 2 N–H and O–H groups in total. The molecule has 1 atom stereocenters. The summed E-state index contributed by atoms with van der Waals surface area (Å²) in [5.41, 5.74) is 0. The van der Waals surface area contributed by atoms with Gasteiger partial charge in [-0.2, -0.15) is 0 Å². The van der Waals surface area contributed by atoms with Gasteiger partial charge in [-0.15, -0.1) is 0 Å². The van der Waals surface area contributed by atoms with Crippen molar-refractivity contribution < 1.29 is 22.7 Å². The minimum Gasteiger partial charge on any atom is -0.481 e. The molecule has 106 valence electrons. The van der Waals surface area contributed by atoms with E-state index in [1.165, 1.54) is 0 Å². The molecule has 0 aliphatic heterocycles. The lowest BCUT2D eigenvalue weighted by atomic mass is 9.97. The Morgan fingerprint density at radius 3 is 2.26 bits per heavy atom. The van der Waals surface area contributed by atoms with E-state index < -0.39 is 27.7 Å². The summed E-state index contributed by atoms with van der Waals surface area (Å²) in [7, 11) is -3.82. The van der Waals surface area contributed by atoms with Crippen molar-refractivity contribution in [2.45, 2.75) is 18.7 Å². The third kappa shape index (κ3) is 4.29. The summed E-state index contributed by atoms with van der Waals surface area (Å²) in [5.74, 6) is -2.61. The number of aliphatic carboxylic acids is 1. The quantitative estimate of drug-likeness (QED) is 0.830. The molecule has 0 aliphatic carbocycles. The van der Waals surface area contributed by atoms with Crippen LogP contribution in [0.25, 0.3) is 0 Å². The summed E-state index contributed by atoms with van der Waals surface area (Å²) < 4.78 is 38.7. The maximum atomic E-state index is 12.7. The van der Waals surface area contributed by atoms with Crippen LogP contribution >= 0.6 is 0 Å². The molecular formula is C12H16FNO4S. The summed E-state index contributed by atoms with van der Waals surface area (Å²) in [6.45, 7) is 3.20. The minimum atomic E-state index is -3.82. The number of carboxylic acid groups (broad SMARTS) is 1. The lowest BCUT2D eigenvalue weighted by molar-refractivity contribution is -0.142. The highest BCUT2D eigenvalue weighted by Crippen LogP contribution is 2.13. The second-order valence-corrected chi connectivity index (χ2v) is 6.26. The molecule has 5 nitrogen and oxygen atoms in total.